The van der Waals surface area contributed by atoms with E-state index < -0.39 is 0 Å². The summed E-state index contributed by atoms with van der Waals surface area (Å²) >= 11 is 0. The monoisotopic (exact) mass is 276 g/mol. The third kappa shape index (κ3) is 2.89. The first-order chi connectivity index (χ1) is 10.0. The lowest BCUT2D eigenvalue weighted by atomic mass is 9.86. The van der Waals surface area contributed by atoms with Crippen LogP contribution in [0, 0.1) is 0 Å². The minimum atomic E-state index is 0.179. The van der Waals surface area contributed by atoms with Gasteiger partial charge in [0.05, 0.1) is 17.1 Å². The van der Waals surface area contributed by atoms with Crippen molar-refractivity contribution in [3.63, 3.8) is 0 Å². The molecule has 2 aromatic heterocycles. The van der Waals surface area contributed by atoms with Gasteiger partial charge >= 0.3 is 0 Å². The van der Waals surface area contributed by atoms with Gasteiger partial charge in [0.1, 0.15) is 0 Å². The van der Waals surface area contributed by atoms with E-state index in [0.29, 0.717) is 0 Å². The number of pyridine rings is 1. The molecule has 2 heterocycles. The van der Waals surface area contributed by atoms with Crippen LogP contribution in [0.25, 0.3) is 22.6 Å². The first-order valence-electron chi connectivity index (χ1n) is 7.26. The molecule has 0 amide bonds. The Balaban J connectivity index is 1.96. The highest BCUT2D eigenvalue weighted by molar-refractivity contribution is 5.64. The zero-order valence-corrected chi connectivity index (χ0v) is 12.7. The fourth-order valence-corrected chi connectivity index (χ4v) is 2.38. The molecule has 0 atom stereocenters. The first-order valence-corrected chi connectivity index (χ1v) is 7.26. The number of aromatic nitrogens is 2. The van der Waals surface area contributed by atoms with Crippen molar-refractivity contribution in [3.05, 3.63) is 66.4 Å². The summed E-state index contributed by atoms with van der Waals surface area (Å²) in [5.41, 5.74) is 5.68. The van der Waals surface area contributed by atoms with E-state index >= 15 is 0 Å². The molecule has 21 heavy (non-hydrogen) atoms. The third-order valence-electron chi connectivity index (χ3n) is 3.67. The summed E-state index contributed by atoms with van der Waals surface area (Å²) in [5, 5.41) is 0. The Bertz CT molecular complexity index is 717. The molecular weight excluding hydrogens is 256 g/mol. The van der Waals surface area contributed by atoms with E-state index in [1.165, 1.54) is 5.56 Å². The highest BCUT2D eigenvalue weighted by Crippen LogP contribution is 2.26. The molecule has 1 aromatic carbocycles. The van der Waals surface area contributed by atoms with Gasteiger partial charge in [-0.3, -0.25) is 0 Å². The molecule has 0 unspecified atom stereocenters. The second-order valence-corrected chi connectivity index (χ2v) is 6.32. The molecule has 1 N–H and O–H groups in total. The van der Waals surface area contributed by atoms with Gasteiger partial charge in [0.2, 0.25) is 0 Å². The molecule has 0 aliphatic carbocycles. The summed E-state index contributed by atoms with van der Waals surface area (Å²) in [7, 11) is 0. The van der Waals surface area contributed by atoms with Crippen LogP contribution in [-0.2, 0) is 5.41 Å². The van der Waals surface area contributed by atoms with Gasteiger partial charge in [-0.15, -0.1) is 0 Å². The number of benzene rings is 1. The van der Waals surface area contributed by atoms with Crippen molar-refractivity contribution in [3.8, 4) is 22.6 Å². The zero-order chi connectivity index (χ0) is 14.9. The maximum Gasteiger partial charge on any atom is 0.0871 e. The lowest BCUT2D eigenvalue weighted by Gasteiger charge is -2.19. The van der Waals surface area contributed by atoms with Gasteiger partial charge in [0, 0.05) is 11.8 Å². The van der Waals surface area contributed by atoms with Crippen LogP contribution in [0.3, 0.4) is 0 Å². The fraction of sp³-hybridized carbons (Fsp3) is 0.211. The number of nitrogens with one attached hydrogen (secondary N) is 1. The number of H-pyrrole nitrogens is 1. The third-order valence-corrected chi connectivity index (χ3v) is 3.67. The lowest BCUT2D eigenvalue weighted by Crippen LogP contribution is -2.10. The summed E-state index contributed by atoms with van der Waals surface area (Å²) in [4.78, 5) is 7.94. The van der Waals surface area contributed by atoms with E-state index in [1.807, 2.05) is 24.4 Å². The average molecular weight is 276 g/mol. The van der Waals surface area contributed by atoms with Gasteiger partial charge in [0.25, 0.3) is 0 Å². The maximum atomic E-state index is 4.75. The molecular formula is C19H20N2. The van der Waals surface area contributed by atoms with Crippen molar-refractivity contribution in [2.45, 2.75) is 26.2 Å². The Morgan fingerprint density at radius 2 is 1.52 bits per heavy atom. The average Bonchev–Trinajstić information content (AvgIpc) is 3.01. The highest BCUT2D eigenvalue weighted by Gasteiger charge is 2.13. The van der Waals surface area contributed by atoms with E-state index in [2.05, 4.69) is 62.2 Å². The minimum Gasteiger partial charge on any atom is -0.360 e. The molecule has 0 saturated carbocycles. The topological polar surface area (TPSA) is 28.7 Å². The largest absolute Gasteiger partial charge is 0.360 e. The standard InChI is InChI=1S/C19H20N2/c1-19(2,3)15-11-9-14(10-12-15)16-6-4-7-18(21-16)17-8-5-13-20-17/h4-13,20H,1-3H3. The molecule has 3 aromatic rings. The Labute approximate surface area is 125 Å². The normalized spacial score (nSPS) is 11.6. The van der Waals surface area contributed by atoms with Crippen molar-refractivity contribution >= 4 is 0 Å². The molecule has 2 heteroatoms. The molecule has 0 aliphatic heterocycles. The smallest absolute Gasteiger partial charge is 0.0871 e. The van der Waals surface area contributed by atoms with E-state index in [1.54, 1.807) is 0 Å². The minimum absolute atomic E-state index is 0.179. The zero-order valence-electron chi connectivity index (χ0n) is 12.7. The van der Waals surface area contributed by atoms with Gasteiger partial charge in [0.15, 0.2) is 0 Å². The summed E-state index contributed by atoms with van der Waals surface area (Å²) in [6, 6.07) is 18.9. The SMILES string of the molecule is CC(C)(C)c1ccc(-c2cccc(-c3ccc[nH]3)n2)cc1. The molecule has 0 bridgehead atoms. The maximum absolute atomic E-state index is 4.75. The Morgan fingerprint density at radius 3 is 2.14 bits per heavy atom. The molecule has 0 aliphatic rings. The molecule has 0 radical (unpaired) electrons. The molecule has 0 spiro atoms. The van der Waals surface area contributed by atoms with E-state index in [9.17, 15) is 0 Å². The van der Waals surface area contributed by atoms with Crippen molar-refractivity contribution in [1.82, 2.24) is 9.97 Å². The molecule has 3 rings (SSSR count). The van der Waals surface area contributed by atoms with Crippen molar-refractivity contribution in [1.29, 1.82) is 0 Å². The Kier molecular flexibility index (Phi) is 3.38. The number of aromatic amines is 1. The van der Waals surface area contributed by atoms with Crippen molar-refractivity contribution in [2.75, 3.05) is 0 Å². The van der Waals surface area contributed by atoms with Gasteiger partial charge < -0.3 is 4.98 Å². The van der Waals surface area contributed by atoms with Crippen LogP contribution in [0.2, 0.25) is 0 Å². The van der Waals surface area contributed by atoms with Crippen LogP contribution < -0.4 is 0 Å². The van der Waals surface area contributed by atoms with E-state index in [-0.39, 0.29) is 5.41 Å². The van der Waals surface area contributed by atoms with Gasteiger partial charge in [-0.2, -0.15) is 0 Å². The Hall–Kier alpha value is -2.35. The van der Waals surface area contributed by atoms with Crippen LogP contribution in [0.5, 0.6) is 0 Å². The highest BCUT2D eigenvalue weighted by atomic mass is 14.8. The summed E-state index contributed by atoms with van der Waals surface area (Å²) in [6.07, 6.45) is 1.92. The van der Waals surface area contributed by atoms with E-state index in [0.717, 1.165) is 22.6 Å². The van der Waals surface area contributed by atoms with Crippen LogP contribution in [0.4, 0.5) is 0 Å². The van der Waals surface area contributed by atoms with E-state index in [4.69, 9.17) is 4.98 Å². The van der Waals surface area contributed by atoms with Gasteiger partial charge in [-0.25, -0.2) is 4.98 Å². The second-order valence-electron chi connectivity index (χ2n) is 6.32. The number of nitrogens with zero attached hydrogens (tertiary/aromatic N) is 1. The summed E-state index contributed by atoms with van der Waals surface area (Å²) in [5.74, 6) is 0. The van der Waals surface area contributed by atoms with Crippen LogP contribution in [0.1, 0.15) is 26.3 Å². The number of hydrogen-bond donors (Lipinski definition) is 1. The number of rotatable bonds is 2. The lowest BCUT2D eigenvalue weighted by molar-refractivity contribution is 0.590. The predicted octanol–water partition coefficient (Wildman–Crippen LogP) is 5.04. The molecule has 0 fully saturated rings. The predicted molar refractivity (Wildman–Crippen MR) is 88.2 cm³/mol. The van der Waals surface area contributed by atoms with Gasteiger partial charge in [-0.05, 0) is 35.2 Å². The number of hydrogen-bond acceptors (Lipinski definition) is 1. The van der Waals surface area contributed by atoms with Crippen LogP contribution in [0.15, 0.2) is 60.8 Å². The van der Waals surface area contributed by atoms with Crippen LogP contribution in [-0.4, -0.2) is 9.97 Å². The molecule has 2 nitrogen and oxygen atoms in total. The van der Waals surface area contributed by atoms with Crippen molar-refractivity contribution < 1.29 is 0 Å². The Morgan fingerprint density at radius 1 is 0.810 bits per heavy atom. The summed E-state index contributed by atoms with van der Waals surface area (Å²) in [6.45, 7) is 6.68. The quantitative estimate of drug-likeness (QED) is 0.697. The van der Waals surface area contributed by atoms with Crippen molar-refractivity contribution in [2.24, 2.45) is 0 Å². The second kappa shape index (κ2) is 5.21. The molecule has 0 saturated heterocycles. The van der Waals surface area contributed by atoms with Gasteiger partial charge in [-0.1, -0.05) is 51.1 Å². The summed E-state index contributed by atoms with van der Waals surface area (Å²) < 4.78 is 0. The molecule has 106 valence electrons. The fourth-order valence-electron chi connectivity index (χ4n) is 2.38. The first kappa shape index (κ1) is 13.6. The van der Waals surface area contributed by atoms with Crippen LogP contribution >= 0.6 is 0 Å².